The van der Waals surface area contributed by atoms with Crippen LogP contribution in [-0.4, -0.2) is 11.1 Å². The number of nitrogens with two attached hydrogens (primary N) is 1. The molecule has 0 radical (unpaired) electrons. The van der Waals surface area contributed by atoms with E-state index in [1.165, 1.54) is 6.07 Å². The molecule has 1 aromatic heterocycles. The number of carboxylic acids is 1. The van der Waals surface area contributed by atoms with Gasteiger partial charge in [-0.2, -0.15) is 0 Å². The SMILES string of the molecule is CCc1c(-c2cc(C)ccc2F)sc(C(=O)O)c1N. The van der Waals surface area contributed by atoms with Crippen molar-refractivity contribution in [3.63, 3.8) is 0 Å². The molecule has 0 spiro atoms. The molecule has 100 valence electrons. The number of benzene rings is 1. The Kier molecular flexibility index (Phi) is 3.57. The van der Waals surface area contributed by atoms with Gasteiger partial charge < -0.3 is 10.8 Å². The summed E-state index contributed by atoms with van der Waals surface area (Å²) < 4.78 is 13.9. The number of thiophene rings is 1. The molecular weight excluding hydrogens is 265 g/mol. The van der Waals surface area contributed by atoms with E-state index in [4.69, 9.17) is 10.8 Å². The first kappa shape index (κ1) is 13.5. The third-order valence-corrected chi connectivity index (χ3v) is 4.23. The van der Waals surface area contributed by atoms with E-state index in [1.54, 1.807) is 12.1 Å². The number of hydrogen-bond acceptors (Lipinski definition) is 3. The van der Waals surface area contributed by atoms with Crippen LogP contribution in [0.4, 0.5) is 10.1 Å². The minimum absolute atomic E-state index is 0.0766. The third kappa shape index (κ3) is 2.33. The summed E-state index contributed by atoms with van der Waals surface area (Å²) in [6.45, 7) is 3.74. The smallest absolute Gasteiger partial charge is 0.348 e. The molecule has 5 heteroatoms. The van der Waals surface area contributed by atoms with Crippen LogP contribution in [0.1, 0.15) is 27.7 Å². The van der Waals surface area contributed by atoms with Crippen LogP contribution in [-0.2, 0) is 6.42 Å². The van der Waals surface area contributed by atoms with Crippen LogP contribution >= 0.6 is 11.3 Å². The summed E-state index contributed by atoms with van der Waals surface area (Å²) in [6.07, 6.45) is 0.568. The summed E-state index contributed by atoms with van der Waals surface area (Å²) in [4.78, 5) is 11.8. The zero-order chi connectivity index (χ0) is 14.2. The second-order valence-corrected chi connectivity index (χ2v) is 5.32. The number of aromatic carboxylic acids is 1. The maximum Gasteiger partial charge on any atom is 0.348 e. The molecule has 3 N–H and O–H groups in total. The van der Waals surface area contributed by atoms with Crippen molar-refractivity contribution in [1.82, 2.24) is 0 Å². The molecule has 3 nitrogen and oxygen atoms in total. The largest absolute Gasteiger partial charge is 0.477 e. The number of carboxylic acid groups (broad SMARTS) is 1. The van der Waals surface area contributed by atoms with Gasteiger partial charge in [0.05, 0.1) is 5.69 Å². The minimum Gasteiger partial charge on any atom is -0.477 e. The molecule has 0 atom stereocenters. The van der Waals surface area contributed by atoms with E-state index >= 15 is 0 Å². The third-order valence-electron chi connectivity index (χ3n) is 2.96. The summed E-state index contributed by atoms with van der Waals surface area (Å²) in [6, 6.07) is 4.78. The maximum absolute atomic E-state index is 13.9. The Morgan fingerprint density at radius 1 is 1.47 bits per heavy atom. The quantitative estimate of drug-likeness (QED) is 0.900. The fraction of sp³-hybridized carbons (Fsp3) is 0.214. The molecule has 19 heavy (non-hydrogen) atoms. The molecule has 2 aromatic rings. The van der Waals surface area contributed by atoms with Crippen LogP contribution in [0.2, 0.25) is 0 Å². The van der Waals surface area contributed by atoms with E-state index in [1.807, 2.05) is 13.8 Å². The molecule has 0 unspecified atom stereocenters. The molecule has 1 aromatic carbocycles. The number of anilines is 1. The lowest BCUT2D eigenvalue weighted by Crippen LogP contribution is -1.99. The molecule has 1 heterocycles. The Labute approximate surface area is 114 Å². The van der Waals surface area contributed by atoms with Gasteiger partial charge in [-0.1, -0.05) is 18.6 Å². The Morgan fingerprint density at radius 3 is 2.74 bits per heavy atom. The molecule has 2 rings (SSSR count). The van der Waals surface area contributed by atoms with E-state index in [2.05, 4.69) is 0 Å². The molecule has 0 fully saturated rings. The highest BCUT2D eigenvalue weighted by Crippen LogP contribution is 2.40. The molecule has 0 bridgehead atoms. The van der Waals surface area contributed by atoms with E-state index in [9.17, 15) is 9.18 Å². The lowest BCUT2D eigenvalue weighted by molar-refractivity contribution is 0.0703. The van der Waals surface area contributed by atoms with Crippen LogP contribution in [0.3, 0.4) is 0 Å². The average molecular weight is 279 g/mol. The molecule has 0 aliphatic carbocycles. The zero-order valence-electron chi connectivity index (χ0n) is 10.7. The van der Waals surface area contributed by atoms with Gasteiger partial charge in [-0.25, -0.2) is 9.18 Å². The first-order chi connectivity index (χ1) is 8.95. The van der Waals surface area contributed by atoms with Crippen LogP contribution in [0.5, 0.6) is 0 Å². The van der Waals surface area contributed by atoms with Gasteiger partial charge in [0.2, 0.25) is 0 Å². The molecule has 0 aliphatic heterocycles. The van der Waals surface area contributed by atoms with Crippen molar-refractivity contribution < 1.29 is 14.3 Å². The monoisotopic (exact) mass is 279 g/mol. The lowest BCUT2D eigenvalue weighted by atomic mass is 10.0. The predicted octanol–water partition coefficient (Wildman–Crippen LogP) is 3.71. The van der Waals surface area contributed by atoms with Crippen molar-refractivity contribution in [2.45, 2.75) is 20.3 Å². The summed E-state index contributed by atoms with van der Waals surface area (Å²) in [5.41, 5.74) is 8.13. The number of carbonyl (C=O) groups is 1. The Morgan fingerprint density at radius 2 is 2.16 bits per heavy atom. The number of halogens is 1. The second kappa shape index (κ2) is 5.01. The number of rotatable bonds is 3. The van der Waals surface area contributed by atoms with Crippen molar-refractivity contribution in [3.8, 4) is 10.4 Å². The second-order valence-electron chi connectivity index (χ2n) is 4.29. The number of aryl methyl sites for hydroxylation is 1. The van der Waals surface area contributed by atoms with Gasteiger partial charge in [-0.05, 0) is 31.0 Å². The van der Waals surface area contributed by atoms with Crippen molar-refractivity contribution in [2.75, 3.05) is 5.73 Å². The molecule has 0 aliphatic rings. The van der Waals surface area contributed by atoms with Gasteiger partial charge in [0, 0.05) is 10.4 Å². The predicted molar refractivity (Wildman–Crippen MR) is 75.2 cm³/mol. The van der Waals surface area contributed by atoms with Gasteiger partial charge in [-0.15, -0.1) is 11.3 Å². The first-order valence-corrected chi connectivity index (χ1v) is 6.68. The minimum atomic E-state index is -1.07. The highest BCUT2D eigenvalue weighted by molar-refractivity contribution is 7.18. The van der Waals surface area contributed by atoms with E-state index in [0.29, 0.717) is 22.4 Å². The fourth-order valence-electron chi connectivity index (χ4n) is 2.02. The van der Waals surface area contributed by atoms with Crippen molar-refractivity contribution in [1.29, 1.82) is 0 Å². The fourth-order valence-corrected chi connectivity index (χ4v) is 3.19. The normalized spacial score (nSPS) is 10.7. The van der Waals surface area contributed by atoms with Crippen molar-refractivity contribution in [3.05, 3.63) is 40.0 Å². The maximum atomic E-state index is 13.9. The standard InChI is InChI=1S/C14H14FNO2S/c1-3-8-11(16)13(14(17)18)19-12(8)9-6-7(2)4-5-10(9)15/h4-6H,3,16H2,1-2H3,(H,17,18). The van der Waals surface area contributed by atoms with E-state index in [-0.39, 0.29) is 16.4 Å². The molecule has 0 saturated heterocycles. The Hall–Kier alpha value is -1.88. The first-order valence-electron chi connectivity index (χ1n) is 5.86. The topological polar surface area (TPSA) is 63.3 Å². The Bertz CT molecular complexity index is 649. The zero-order valence-corrected chi connectivity index (χ0v) is 11.5. The highest BCUT2D eigenvalue weighted by Gasteiger charge is 2.21. The number of nitrogen functional groups attached to an aromatic ring is 1. The van der Waals surface area contributed by atoms with E-state index in [0.717, 1.165) is 16.9 Å². The summed E-state index contributed by atoms with van der Waals surface area (Å²) in [7, 11) is 0. The lowest BCUT2D eigenvalue weighted by Gasteiger charge is -2.05. The van der Waals surface area contributed by atoms with Crippen LogP contribution in [0.15, 0.2) is 18.2 Å². The highest BCUT2D eigenvalue weighted by atomic mass is 32.1. The van der Waals surface area contributed by atoms with Crippen molar-refractivity contribution in [2.24, 2.45) is 0 Å². The van der Waals surface area contributed by atoms with Gasteiger partial charge in [-0.3, -0.25) is 0 Å². The van der Waals surface area contributed by atoms with E-state index < -0.39 is 5.97 Å². The summed E-state index contributed by atoms with van der Waals surface area (Å²) in [5, 5.41) is 9.11. The van der Waals surface area contributed by atoms with Crippen molar-refractivity contribution >= 4 is 23.0 Å². The van der Waals surface area contributed by atoms with Gasteiger partial charge >= 0.3 is 5.97 Å². The number of hydrogen-bond donors (Lipinski definition) is 2. The summed E-state index contributed by atoms with van der Waals surface area (Å²) in [5.74, 6) is -1.44. The van der Waals surface area contributed by atoms with Crippen LogP contribution in [0.25, 0.3) is 10.4 Å². The Balaban J connectivity index is 2.71. The molecular formula is C14H14FNO2S. The van der Waals surface area contributed by atoms with Gasteiger partial charge in [0.25, 0.3) is 0 Å². The van der Waals surface area contributed by atoms with Gasteiger partial charge in [0.1, 0.15) is 10.7 Å². The van der Waals surface area contributed by atoms with Crippen LogP contribution < -0.4 is 5.73 Å². The van der Waals surface area contributed by atoms with Gasteiger partial charge in [0.15, 0.2) is 0 Å². The summed E-state index contributed by atoms with van der Waals surface area (Å²) >= 11 is 1.03. The molecule has 0 amide bonds. The average Bonchev–Trinajstić information content (AvgIpc) is 2.69. The molecule has 0 saturated carbocycles. The van der Waals surface area contributed by atoms with Crippen LogP contribution in [0, 0.1) is 12.7 Å².